The molecule has 1 aliphatic heterocycles. The van der Waals surface area contributed by atoms with Crippen LogP contribution in [0.25, 0.3) is 0 Å². The monoisotopic (exact) mass is 257 g/mol. The lowest BCUT2D eigenvalue weighted by Crippen LogP contribution is -2.47. The summed E-state index contributed by atoms with van der Waals surface area (Å²) >= 11 is 5.27. The smallest absolute Gasteiger partial charge is 0.166 e. The van der Waals surface area contributed by atoms with Gasteiger partial charge in [0, 0.05) is 19.1 Å². The van der Waals surface area contributed by atoms with Crippen molar-refractivity contribution in [1.29, 1.82) is 0 Å². The van der Waals surface area contributed by atoms with Gasteiger partial charge in [-0.3, -0.25) is 0 Å². The van der Waals surface area contributed by atoms with E-state index < -0.39 is 0 Å². The van der Waals surface area contributed by atoms with E-state index in [0.29, 0.717) is 6.04 Å². The zero-order valence-electron chi connectivity index (χ0n) is 11.3. The van der Waals surface area contributed by atoms with Gasteiger partial charge in [-0.15, -0.1) is 0 Å². The SMILES string of the molecule is CCCCNC(=S)NC(C)CN1CCCCC1. The van der Waals surface area contributed by atoms with Crippen molar-refractivity contribution in [3.8, 4) is 0 Å². The average Bonchev–Trinajstić information content (AvgIpc) is 2.30. The van der Waals surface area contributed by atoms with E-state index in [4.69, 9.17) is 12.2 Å². The van der Waals surface area contributed by atoms with Gasteiger partial charge >= 0.3 is 0 Å². The van der Waals surface area contributed by atoms with E-state index in [-0.39, 0.29) is 0 Å². The Morgan fingerprint density at radius 2 is 2.00 bits per heavy atom. The lowest BCUT2D eigenvalue weighted by atomic mass is 10.1. The molecule has 2 N–H and O–H groups in total. The molecular weight excluding hydrogens is 230 g/mol. The van der Waals surface area contributed by atoms with E-state index in [0.717, 1.165) is 18.2 Å². The summed E-state index contributed by atoms with van der Waals surface area (Å²) in [6.45, 7) is 9.00. The fourth-order valence-corrected chi connectivity index (χ4v) is 2.53. The number of piperidine rings is 1. The topological polar surface area (TPSA) is 27.3 Å². The number of thiocarbonyl (C=S) groups is 1. The molecule has 0 spiro atoms. The molecule has 1 atom stereocenters. The van der Waals surface area contributed by atoms with E-state index >= 15 is 0 Å². The average molecular weight is 257 g/mol. The maximum atomic E-state index is 5.27. The largest absolute Gasteiger partial charge is 0.363 e. The summed E-state index contributed by atoms with van der Waals surface area (Å²) in [6, 6.07) is 0.440. The van der Waals surface area contributed by atoms with Crippen LogP contribution in [0.2, 0.25) is 0 Å². The molecule has 1 rings (SSSR count). The molecule has 4 heteroatoms. The van der Waals surface area contributed by atoms with Crippen molar-refractivity contribution in [2.45, 2.75) is 52.0 Å². The van der Waals surface area contributed by atoms with Crippen LogP contribution in [0.5, 0.6) is 0 Å². The first-order chi connectivity index (χ1) is 8.22. The summed E-state index contributed by atoms with van der Waals surface area (Å²) in [5.41, 5.74) is 0. The molecule has 17 heavy (non-hydrogen) atoms. The first-order valence-corrected chi connectivity index (χ1v) is 7.40. The normalized spacial score (nSPS) is 18.7. The fraction of sp³-hybridized carbons (Fsp3) is 0.923. The predicted octanol–water partition coefficient (Wildman–Crippen LogP) is 2.12. The van der Waals surface area contributed by atoms with E-state index in [1.54, 1.807) is 0 Å². The summed E-state index contributed by atoms with van der Waals surface area (Å²) in [5.74, 6) is 0. The summed E-state index contributed by atoms with van der Waals surface area (Å²) in [4.78, 5) is 2.54. The first kappa shape index (κ1) is 14.7. The highest BCUT2D eigenvalue weighted by molar-refractivity contribution is 7.80. The third kappa shape index (κ3) is 6.84. The number of nitrogens with zero attached hydrogens (tertiary/aromatic N) is 1. The van der Waals surface area contributed by atoms with Crippen LogP contribution in [-0.4, -0.2) is 42.2 Å². The van der Waals surface area contributed by atoms with Crippen LogP contribution in [0.1, 0.15) is 46.0 Å². The van der Waals surface area contributed by atoms with Crippen LogP contribution in [0.15, 0.2) is 0 Å². The van der Waals surface area contributed by atoms with Crippen LogP contribution < -0.4 is 10.6 Å². The molecule has 1 heterocycles. The molecule has 100 valence electrons. The number of nitrogens with one attached hydrogen (secondary N) is 2. The molecule has 0 radical (unpaired) electrons. The van der Waals surface area contributed by atoms with Gasteiger partial charge < -0.3 is 15.5 Å². The molecule has 0 aromatic carbocycles. The van der Waals surface area contributed by atoms with Crippen molar-refractivity contribution in [2.24, 2.45) is 0 Å². The van der Waals surface area contributed by atoms with E-state index in [2.05, 4.69) is 29.4 Å². The highest BCUT2D eigenvalue weighted by Crippen LogP contribution is 2.08. The highest BCUT2D eigenvalue weighted by atomic mass is 32.1. The summed E-state index contributed by atoms with van der Waals surface area (Å²) in [7, 11) is 0. The first-order valence-electron chi connectivity index (χ1n) is 6.99. The molecule has 1 aliphatic rings. The van der Waals surface area contributed by atoms with Crippen molar-refractivity contribution in [3.05, 3.63) is 0 Å². The summed E-state index contributed by atoms with van der Waals surface area (Å²) in [5, 5.41) is 7.43. The number of hydrogen-bond donors (Lipinski definition) is 2. The predicted molar refractivity (Wildman–Crippen MR) is 78.4 cm³/mol. The minimum Gasteiger partial charge on any atom is -0.363 e. The van der Waals surface area contributed by atoms with Gasteiger partial charge in [0.1, 0.15) is 0 Å². The molecular formula is C13H27N3S. The van der Waals surface area contributed by atoms with Gasteiger partial charge in [0.05, 0.1) is 0 Å². The van der Waals surface area contributed by atoms with E-state index in [9.17, 15) is 0 Å². The van der Waals surface area contributed by atoms with Crippen molar-refractivity contribution in [1.82, 2.24) is 15.5 Å². The van der Waals surface area contributed by atoms with Gasteiger partial charge in [-0.25, -0.2) is 0 Å². The molecule has 0 saturated carbocycles. The van der Waals surface area contributed by atoms with Crippen LogP contribution >= 0.6 is 12.2 Å². The second kappa shape index (κ2) is 8.70. The summed E-state index contributed by atoms with van der Waals surface area (Å²) < 4.78 is 0. The molecule has 0 amide bonds. The number of unbranched alkanes of at least 4 members (excludes halogenated alkanes) is 1. The van der Waals surface area contributed by atoms with Gasteiger partial charge in [-0.05, 0) is 51.5 Å². The standard InChI is InChI=1S/C13H27N3S/c1-3-4-8-14-13(17)15-12(2)11-16-9-6-5-7-10-16/h12H,3-11H2,1-2H3,(H2,14,15,17). The third-order valence-electron chi connectivity index (χ3n) is 3.17. The Bertz CT molecular complexity index is 215. The lowest BCUT2D eigenvalue weighted by Gasteiger charge is -2.29. The molecule has 0 bridgehead atoms. The second-order valence-corrected chi connectivity index (χ2v) is 5.42. The van der Waals surface area contributed by atoms with Gasteiger partial charge in [0.2, 0.25) is 0 Å². The van der Waals surface area contributed by atoms with Crippen molar-refractivity contribution in [2.75, 3.05) is 26.2 Å². The van der Waals surface area contributed by atoms with Gasteiger partial charge in [0.15, 0.2) is 5.11 Å². The Balaban J connectivity index is 2.10. The van der Waals surface area contributed by atoms with Crippen molar-refractivity contribution >= 4 is 17.3 Å². The number of rotatable bonds is 6. The molecule has 1 saturated heterocycles. The van der Waals surface area contributed by atoms with Crippen LogP contribution in [0.4, 0.5) is 0 Å². The van der Waals surface area contributed by atoms with Crippen LogP contribution in [-0.2, 0) is 0 Å². The van der Waals surface area contributed by atoms with Gasteiger partial charge in [0.25, 0.3) is 0 Å². The molecule has 0 aromatic heterocycles. The van der Waals surface area contributed by atoms with Gasteiger partial charge in [-0.1, -0.05) is 19.8 Å². The van der Waals surface area contributed by atoms with Crippen molar-refractivity contribution in [3.63, 3.8) is 0 Å². The fourth-order valence-electron chi connectivity index (χ4n) is 2.23. The van der Waals surface area contributed by atoms with Gasteiger partial charge in [-0.2, -0.15) is 0 Å². The minimum atomic E-state index is 0.440. The summed E-state index contributed by atoms with van der Waals surface area (Å²) in [6.07, 6.45) is 6.49. The third-order valence-corrected chi connectivity index (χ3v) is 3.44. The molecule has 1 fully saturated rings. The molecule has 1 unspecified atom stereocenters. The Labute approximate surface area is 111 Å². The zero-order valence-corrected chi connectivity index (χ0v) is 12.1. The van der Waals surface area contributed by atoms with Crippen molar-refractivity contribution < 1.29 is 0 Å². The zero-order chi connectivity index (χ0) is 12.5. The molecule has 0 aliphatic carbocycles. The lowest BCUT2D eigenvalue weighted by molar-refractivity contribution is 0.215. The van der Waals surface area contributed by atoms with Crippen LogP contribution in [0.3, 0.4) is 0 Å². The Kier molecular flexibility index (Phi) is 7.53. The van der Waals surface area contributed by atoms with E-state index in [1.807, 2.05) is 0 Å². The maximum absolute atomic E-state index is 5.27. The Hall–Kier alpha value is -0.350. The Morgan fingerprint density at radius 1 is 1.29 bits per heavy atom. The minimum absolute atomic E-state index is 0.440. The highest BCUT2D eigenvalue weighted by Gasteiger charge is 2.13. The second-order valence-electron chi connectivity index (χ2n) is 5.02. The molecule has 0 aromatic rings. The number of hydrogen-bond acceptors (Lipinski definition) is 2. The maximum Gasteiger partial charge on any atom is 0.166 e. The quantitative estimate of drug-likeness (QED) is 0.563. The molecule has 3 nitrogen and oxygen atoms in total. The van der Waals surface area contributed by atoms with Crippen LogP contribution in [0, 0.1) is 0 Å². The number of likely N-dealkylation sites (tertiary alicyclic amines) is 1. The Morgan fingerprint density at radius 3 is 2.65 bits per heavy atom. The van der Waals surface area contributed by atoms with E-state index in [1.165, 1.54) is 45.2 Å².